The Bertz CT molecular complexity index is 1040. The van der Waals surface area contributed by atoms with Gasteiger partial charge in [-0.1, -0.05) is 60.7 Å². The van der Waals surface area contributed by atoms with Crippen LogP contribution in [0.25, 0.3) is 0 Å². The second kappa shape index (κ2) is 12.3. The van der Waals surface area contributed by atoms with E-state index in [2.05, 4.69) is 5.73 Å². The predicted molar refractivity (Wildman–Crippen MR) is 127 cm³/mol. The molecule has 9 nitrogen and oxygen atoms in total. The molecule has 0 amide bonds. The first kappa shape index (κ1) is 26.1. The fourth-order valence-corrected chi connectivity index (χ4v) is 3.57. The summed E-state index contributed by atoms with van der Waals surface area (Å²) < 4.78 is 10.6. The molecule has 5 rings (SSSR count). The summed E-state index contributed by atoms with van der Waals surface area (Å²) in [4.78, 5) is 10.2. The summed E-state index contributed by atoms with van der Waals surface area (Å²) in [6.07, 6.45) is -2.46. The average Bonchev–Trinajstić information content (AvgIpc) is 2.89. The van der Waals surface area contributed by atoms with E-state index in [-0.39, 0.29) is 18.7 Å². The fraction of sp³-hybridized carbons (Fsp3) is 0.269. The van der Waals surface area contributed by atoms with E-state index in [9.17, 15) is 15.0 Å². The molecule has 0 fully saturated rings. The maximum absolute atomic E-state index is 10.2. The highest BCUT2D eigenvalue weighted by atomic mass is 16.5. The van der Waals surface area contributed by atoms with Gasteiger partial charge < -0.3 is 41.4 Å². The van der Waals surface area contributed by atoms with Gasteiger partial charge >= 0.3 is 5.97 Å². The first-order chi connectivity index (χ1) is 16.8. The number of aliphatic carboxylic acids is 1. The molecule has 0 saturated heterocycles. The number of carboxylic acid groups (broad SMARTS) is 1. The molecule has 0 aliphatic carbocycles. The highest BCUT2D eigenvalue weighted by Crippen LogP contribution is 2.30. The van der Waals surface area contributed by atoms with Gasteiger partial charge in [0.1, 0.15) is 43.0 Å². The first-order valence-corrected chi connectivity index (χ1v) is 11.1. The zero-order valence-corrected chi connectivity index (χ0v) is 19.1. The topological polar surface area (TPSA) is 170 Å². The summed E-state index contributed by atoms with van der Waals surface area (Å²) in [5.41, 5.74) is 11.9. The van der Waals surface area contributed by atoms with Crippen LogP contribution in [0.1, 0.15) is 34.9 Å². The number of aliphatic hydroxyl groups is 3. The van der Waals surface area contributed by atoms with Crippen LogP contribution >= 0.6 is 0 Å². The summed E-state index contributed by atoms with van der Waals surface area (Å²) in [7, 11) is 0. The zero-order valence-electron chi connectivity index (χ0n) is 19.1. The number of quaternary nitrogens is 1. The lowest BCUT2D eigenvalue weighted by Gasteiger charge is -2.27. The number of rotatable bonds is 2. The minimum Gasteiger partial charge on any atom is -0.490 e. The lowest BCUT2D eigenvalue weighted by atomic mass is 9.99. The summed E-state index contributed by atoms with van der Waals surface area (Å²) in [6, 6.07) is 23.1. The van der Waals surface area contributed by atoms with Crippen molar-refractivity contribution in [3.05, 3.63) is 95.6 Å². The third-order valence-electron chi connectivity index (χ3n) is 5.64. The minimum absolute atomic E-state index is 0.0602. The van der Waals surface area contributed by atoms with Gasteiger partial charge in [-0.2, -0.15) is 0 Å². The molecule has 0 radical (unpaired) electrons. The van der Waals surface area contributed by atoms with Crippen LogP contribution in [0.2, 0.25) is 0 Å². The van der Waals surface area contributed by atoms with Crippen molar-refractivity contribution in [2.24, 2.45) is 5.73 Å². The zero-order chi connectivity index (χ0) is 25.4. The third-order valence-corrected chi connectivity index (χ3v) is 5.64. The van der Waals surface area contributed by atoms with Crippen molar-refractivity contribution >= 4 is 5.97 Å². The largest absolute Gasteiger partial charge is 0.490 e. The Kier molecular flexibility index (Phi) is 9.18. The number of ether oxygens (including phenoxy) is 2. The van der Waals surface area contributed by atoms with Crippen molar-refractivity contribution < 1.29 is 40.4 Å². The number of hydrogen-bond acceptors (Lipinski definition) is 7. The highest BCUT2D eigenvalue weighted by Gasteiger charge is 2.28. The van der Waals surface area contributed by atoms with Gasteiger partial charge in [-0.25, -0.2) is 4.79 Å². The Hall–Kier alpha value is -3.47. The predicted octanol–water partition coefficient (Wildman–Crippen LogP) is 0.967. The second-order valence-electron chi connectivity index (χ2n) is 8.12. The molecule has 5 atom stereocenters. The number of para-hydroxylation sites is 2. The Morgan fingerprint density at radius 1 is 0.829 bits per heavy atom. The standard InChI is InChI=1S/2C9H11NO2.C8H8O3/c2*10-9-6-3-1-2-4-8(6)12-5-7(9)11;9-7(8(10)11)6-4-2-1-3-5-6/h2*1-4,7,9,11H,5,10H2;1-5,7,9H,(H,10,11)/p+1/t7-,9+;;/m1../s1. The molecular weight excluding hydrogens is 452 g/mol. The van der Waals surface area contributed by atoms with Gasteiger partial charge in [0.15, 0.2) is 6.10 Å². The van der Waals surface area contributed by atoms with Crippen molar-refractivity contribution in [1.29, 1.82) is 0 Å². The van der Waals surface area contributed by atoms with E-state index >= 15 is 0 Å². The van der Waals surface area contributed by atoms with Gasteiger partial charge in [-0.3, -0.25) is 0 Å². The number of fused-ring (bicyclic) bond motifs is 2. The molecule has 3 unspecified atom stereocenters. The van der Waals surface area contributed by atoms with Crippen molar-refractivity contribution in [3.63, 3.8) is 0 Å². The van der Waals surface area contributed by atoms with Crippen LogP contribution in [0.15, 0.2) is 78.9 Å². The molecular formula is C26H31N2O7+. The Labute approximate surface area is 203 Å². The van der Waals surface area contributed by atoms with Crippen LogP contribution in [-0.4, -0.2) is 51.8 Å². The van der Waals surface area contributed by atoms with Gasteiger partial charge in [0, 0.05) is 5.56 Å². The van der Waals surface area contributed by atoms with Crippen LogP contribution in [0, 0.1) is 0 Å². The highest BCUT2D eigenvalue weighted by molar-refractivity contribution is 5.73. The quantitative estimate of drug-likeness (QED) is 0.313. The first-order valence-electron chi connectivity index (χ1n) is 11.1. The van der Waals surface area contributed by atoms with Crippen LogP contribution in [0.3, 0.4) is 0 Å². The Balaban J connectivity index is 0.000000147. The molecule has 9 heteroatoms. The SMILES string of the molecule is NC1c2ccccc2OCC1O.O=C(O)C(O)c1ccccc1.[NH3+][C@H]1c2ccccc2OC[C@H]1O. The maximum Gasteiger partial charge on any atom is 0.337 e. The molecule has 186 valence electrons. The van der Waals surface area contributed by atoms with E-state index < -0.39 is 24.3 Å². The molecule has 3 aromatic rings. The maximum atomic E-state index is 10.2. The average molecular weight is 484 g/mol. The van der Waals surface area contributed by atoms with Gasteiger partial charge in [-0.05, 0) is 23.8 Å². The number of carboxylic acids is 1. The van der Waals surface area contributed by atoms with Crippen LogP contribution in [0.5, 0.6) is 11.5 Å². The molecule has 0 bridgehead atoms. The summed E-state index contributed by atoms with van der Waals surface area (Å²) in [6.45, 7) is 0.642. The van der Waals surface area contributed by atoms with Gasteiger partial charge in [0.2, 0.25) is 0 Å². The van der Waals surface area contributed by atoms with Crippen molar-refractivity contribution in [1.82, 2.24) is 0 Å². The van der Waals surface area contributed by atoms with Crippen LogP contribution in [-0.2, 0) is 4.79 Å². The third kappa shape index (κ3) is 6.78. The molecule has 3 aromatic carbocycles. The van der Waals surface area contributed by atoms with E-state index in [0.29, 0.717) is 12.2 Å². The number of carbonyl (C=O) groups is 1. The molecule has 9 N–H and O–H groups in total. The van der Waals surface area contributed by atoms with E-state index in [1.165, 1.54) is 0 Å². The summed E-state index contributed by atoms with van der Waals surface area (Å²) >= 11 is 0. The van der Waals surface area contributed by atoms with Crippen molar-refractivity contribution in [2.75, 3.05) is 13.2 Å². The van der Waals surface area contributed by atoms with Crippen LogP contribution in [0.4, 0.5) is 0 Å². The fourth-order valence-electron chi connectivity index (χ4n) is 3.57. The Morgan fingerprint density at radius 3 is 1.91 bits per heavy atom. The monoisotopic (exact) mass is 483 g/mol. The molecule has 0 spiro atoms. The van der Waals surface area contributed by atoms with Gasteiger partial charge in [0.05, 0.1) is 11.6 Å². The van der Waals surface area contributed by atoms with Crippen molar-refractivity contribution in [3.8, 4) is 11.5 Å². The molecule has 2 heterocycles. The molecule has 0 aromatic heterocycles. The van der Waals surface area contributed by atoms with Crippen LogP contribution < -0.4 is 20.9 Å². The number of nitrogens with two attached hydrogens (primary N) is 1. The molecule has 2 aliphatic rings. The molecule has 2 aliphatic heterocycles. The summed E-state index contributed by atoms with van der Waals surface area (Å²) in [5, 5.41) is 36.2. The normalized spacial score (nSPS) is 22.8. The van der Waals surface area contributed by atoms with E-state index in [4.69, 9.17) is 25.4 Å². The number of aliphatic hydroxyl groups excluding tert-OH is 3. The lowest BCUT2D eigenvalue weighted by Crippen LogP contribution is -2.61. The number of hydrogen-bond donors (Lipinski definition) is 6. The van der Waals surface area contributed by atoms with E-state index in [0.717, 1.165) is 22.6 Å². The second-order valence-corrected chi connectivity index (χ2v) is 8.12. The van der Waals surface area contributed by atoms with Crippen molar-refractivity contribution in [2.45, 2.75) is 30.4 Å². The van der Waals surface area contributed by atoms with E-state index in [1.54, 1.807) is 30.3 Å². The van der Waals surface area contributed by atoms with Gasteiger partial charge in [0.25, 0.3) is 0 Å². The minimum atomic E-state index is -1.41. The smallest absolute Gasteiger partial charge is 0.337 e. The molecule has 35 heavy (non-hydrogen) atoms. The van der Waals surface area contributed by atoms with E-state index in [1.807, 2.05) is 48.5 Å². The number of benzene rings is 3. The summed E-state index contributed by atoms with van der Waals surface area (Å²) in [5.74, 6) is 0.411. The molecule has 0 saturated carbocycles. The Morgan fingerprint density at radius 2 is 1.31 bits per heavy atom. The van der Waals surface area contributed by atoms with Gasteiger partial charge in [-0.15, -0.1) is 0 Å². The lowest BCUT2D eigenvalue weighted by molar-refractivity contribution is -0.448.